The predicted molar refractivity (Wildman–Crippen MR) is 91.6 cm³/mol. The number of allylic oxidation sites excluding steroid dienone is 5. The molecular weight excluding hydrogens is 242 g/mol. The lowest BCUT2D eigenvalue weighted by Crippen LogP contribution is -1.98. The van der Waals surface area contributed by atoms with Crippen molar-refractivity contribution < 1.29 is 0 Å². The monoisotopic (exact) mass is 269 g/mol. The molecule has 1 unspecified atom stereocenters. The van der Waals surface area contributed by atoms with Gasteiger partial charge in [-0.15, -0.1) is 0 Å². The summed E-state index contributed by atoms with van der Waals surface area (Å²) >= 11 is 0. The van der Waals surface area contributed by atoms with Gasteiger partial charge in [-0.25, -0.2) is 0 Å². The van der Waals surface area contributed by atoms with Crippen LogP contribution in [0.2, 0.25) is 0 Å². The third-order valence-corrected chi connectivity index (χ3v) is 3.05. The Hall–Kier alpha value is -1.89. The first kappa shape index (κ1) is 18.1. The fourth-order valence-electron chi connectivity index (χ4n) is 1.80. The molecule has 1 nitrogen and oxygen atoms in total. The van der Waals surface area contributed by atoms with Crippen LogP contribution in [-0.4, -0.2) is 6.21 Å². The lowest BCUT2D eigenvalue weighted by Gasteiger charge is -2.08. The van der Waals surface area contributed by atoms with Crippen LogP contribution in [-0.2, 0) is 6.42 Å². The van der Waals surface area contributed by atoms with Crippen LogP contribution in [0.5, 0.6) is 0 Å². The van der Waals surface area contributed by atoms with Gasteiger partial charge >= 0.3 is 0 Å². The first-order valence-electron chi connectivity index (χ1n) is 7.23. The van der Waals surface area contributed by atoms with E-state index in [4.69, 9.17) is 5.41 Å². The van der Waals surface area contributed by atoms with Crippen molar-refractivity contribution in [1.29, 1.82) is 5.41 Å². The van der Waals surface area contributed by atoms with Gasteiger partial charge in [0.2, 0.25) is 0 Å². The average Bonchev–Trinajstić information content (AvgIpc) is 2.49. The van der Waals surface area contributed by atoms with Crippen molar-refractivity contribution in [1.82, 2.24) is 0 Å². The van der Waals surface area contributed by atoms with Crippen molar-refractivity contribution in [3.63, 3.8) is 0 Å². The molecule has 0 aliphatic carbocycles. The van der Waals surface area contributed by atoms with Crippen molar-refractivity contribution in [2.24, 2.45) is 5.92 Å². The summed E-state index contributed by atoms with van der Waals surface area (Å²) in [6, 6.07) is 8.36. The molecule has 1 atom stereocenters. The SMILES string of the molecule is C=C/C=C\C(C)/C(C=N)=C/Cc1ccccc1C.CC. The van der Waals surface area contributed by atoms with Gasteiger partial charge in [0.05, 0.1) is 0 Å². The molecule has 0 spiro atoms. The molecule has 0 aromatic heterocycles. The molecule has 1 heteroatoms. The van der Waals surface area contributed by atoms with Crippen LogP contribution < -0.4 is 0 Å². The smallest absolute Gasteiger partial charge is 0.0212 e. The number of rotatable bonds is 6. The van der Waals surface area contributed by atoms with E-state index in [1.807, 2.05) is 19.9 Å². The van der Waals surface area contributed by atoms with Gasteiger partial charge in [-0.1, -0.05) is 75.9 Å². The zero-order chi connectivity index (χ0) is 15.4. The van der Waals surface area contributed by atoms with Crippen LogP contribution in [0.25, 0.3) is 0 Å². The standard InChI is InChI=1S/C17H21N.C2H6/c1-4-5-8-15(3)17(13-18)12-11-16-10-7-6-9-14(16)2;1-2/h4-10,12-13,15,18H,1,11H2,2-3H3;1-2H3/b8-5-,17-12+,18-13?;. The Morgan fingerprint density at radius 3 is 2.50 bits per heavy atom. The highest BCUT2D eigenvalue weighted by Gasteiger charge is 2.02. The molecule has 108 valence electrons. The second kappa shape index (κ2) is 11.0. The molecule has 0 amide bonds. The molecule has 0 saturated heterocycles. The first-order valence-corrected chi connectivity index (χ1v) is 7.23. The Balaban J connectivity index is 0.00000172. The molecule has 1 N–H and O–H groups in total. The highest BCUT2D eigenvalue weighted by Crippen LogP contribution is 2.14. The van der Waals surface area contributed by atoms with E-state index < -0.39 is 0 Å². The van der Waals surface area contributed by atoms with Crippen molar-refractivity contribution in [2.45, 2.75) is 34.1 Å². The molecule has 0 fully saturated rings. The van der Waals surface area contributed by atoms with Gasteiger partial charge in [-0.05, 0) is 30.0 Å². The number of hydrogen-bond acceptors (Lipinski definition) is 1. The molecular formula is C19H27N. The molecule has 0 heterocycles. The molecule has 0 aliphatic heterocycles. The van der Waals surface area contributed by atoms with Crippen LogP contribution in [0.15, 0.2) is 60.7 Å². The summed E-state index contributed by atoms with van der Waals surface area (Å²) in [6.45, 7) is 11.9. The van der Waals surface area contributed by atoms with Gasteiger partial charge in [-0.2, -0.15) is 0 Å². The van der Waals surface area contributed by atoms with E-state index in [-0.39, 0.29) is 5.92 Å². The minimum atomic E-state index is 0.254. The highest BCUT2D eigenvalue weighted by atomic mass is 14.3. The Labute approximate surface area is 124 Å². The summed E-state index contributed by atoms with van der Waals surface area (Å²) in [7, 11) is 0. The topological polar surface area (TPSA) is 23.9 Å². The minimum Gasteiger partial charge on any atom is -0.308 e. The predicted octanol–water partition coefficient (Wildman–Crippen LogP) is 5.52. The molecule has 0 bridgehead atoms. The average molecular weight is 269 g/mol. The molecule has 1 rings (SSSR count). The van der Waals surface area contributed by atoms with E-state index >= 15 is 0 Å². The van der Waals surface area contributed by atoms with Crippen molar-refractivity contribution in [3.05, 3.63) is 71.8 Å². The lowest BCUT2D eigenvalue weighted by atomic mass is 9.97. The molecule has 1 aromatic rings. The fraction of sp³-hybridized carbons (Fsp3) is 0.316. The van der Waals surface area contributed by atoms with Crippen LogP contribution in [0.4, 0.5) is 0 Å². The third kappa shape index (κ3) is 6.33. The van der Waals surface area contributed by atoms with E-state index in [1.54, 1.807) is 6.08 Å². The fourth-order valence-corrected chi connectivity index (χ4v) is 1.80. The van der Waals surface area contributed by atoms with Crippen LogP contribution in [0.3, 0.4) is 0 Å². The molecule has 1 aromatic carbocycles. The van der Waals surface area contributed by atoms with Gasteiger partial charge < -0.3 is 5.41 Å². The van der Waals surface area contributed by atoms with Crippen LogP contribution in [0.1, 0.15) is 31.9 Å². The number of aryl methyl sites for hydroxylation is 1. The van der Waals surface area contributed by atoms with E-state index in [9.17, 15) is 0 Å². The largest absolute Gasteiger partial charge is 0.308 e. The molecule has 0 aliphatic rings. The quantitative estimate of drug-likeness (QED) is 0.519. The first-order chi connectivity index (χ1) is 9.69. The zero-order valence-corrected chi connectivity index (χ0v) is 13.2. The van der Waals surface area contributed by atoms with E-state index in [0.29, 0.717) is 0 Å². The normalized spacial score (nSPS) is 12.5. The lowest BCUT2D eigenvalue weighted by molar-refractivity contribution is 0.900. The van der Waals surface area contributed by atoms with Crippen molar-refractivity contribution >= 4 is 6.21 Å². The van der Waals surface area contributed by atoms with E-state index in [1.165, 1.54) is 17.3 Å². The maximum Gasteiger partial charge on any atom is 0.0212 e. The number of benzene rings is 1. The zero-order valence-electron chi connectivity index (χ0n) is 13.2. The molecule has 0 radical (unpaired) electrons. The Kier molecular flexibility index (Phi) is 9.94. The Morgan fingerprint density at radius 2 is 1.95 bits per heavy atom. The number of nitrogens with one attached hydrogen (secondary N) is 1. The summed E-state index contributed by atoms with van der Waals surface area (Å²) in [5, 5.41) is 7.49. The Bertz CT molecular complexity index is 466. The third-order valence-electron chi connectivity index (χ3n) is 3.05. The minimum absolute atomic E-state index is 0.254. The second-order valence-electron chi connectivity index (χ2n) is 4.39. The van der Waals surface area contributed by atoms with Gasteiger partial charge in [0.15, 0.2) is 0 Å². The molecule has 0 saturated carbocycles. The van der Waals surface area contributed by atoms with Gasteiger partial charge in [0, 0.05) is 12.1 Å². The van der Waals surface area contributed by atoms with Gasteiger partial charge in [0.1, 0.15) is 0 Å². The summed E-state index contributed by atoms with van der Waals surface area (Å²) in [5.74, 6) is 0.254. The van der Waals surface area contributed by atoms with Crippen LogP contribution in [0, 0.1) is 18.3 Å². The summed E-state index contributed by atoms with van der Waals surface area (Å²) < 4.78 is 0. The van der Waals surface area contributed by atoms with Crippen molar-refractivity contribution in [2.75, 3.05) is 0 Å². The maximum absolute atomic E-state index is 7.49. The summed E-state index contributed by atoms with van der Waals surface area (Å²) in [6.07, 6.45) is 10.2. The number of hydrogen-bond donors (Lipinski definition) is 1. The van der Waals surface area contributed by atoms with E-state index in [2.05, 4.69) is 56.8 Å². The Morgan fingerprint density at radius 1 is 1.30 bits per heavy atom. The van der Waals surface area contributed by atoms with Crippen LogP contribution >= 0.6 is 0 Å². The maximum atomic E-state index is 7.49. The highest BCUT2D eigenvalue weighted by molar-refractivity contribution is 5.77. The van der Waals surface area contributed by atoms with Gasteiger partial charge in [-0.3, -0.25) is 0 Å². The molecule has 20 heavy (non-hydrogen) atoms. The second-order valence-corrected chi connectivity index (χ2v) is 4.39. The van der Waals surface area contributed by atoms with Crippen molar-refractivity contribution in [3.8, 4) is 0 Å². The van der Waals surface area contributed by atoms with E-state index in [0.717, 1.165) is 12.0 Å². The van der Waals surface area contributed by atoms with Gasteiger partial charge in [0.25, 0.3) is 0 Å². The summed E-state index contributed by atoms with van der Waals surface area (Å²) in [5.41, 5.74) is 3.65. The summed E-state index contributed by atoms with van der Waals surface area (Å²) in [4.78, 5) is 0.